The maximum Gasteiger partial charge on any atom is 0.0705 e. The molecule has 1 aromatic heterocycles. The van der Waals surface area contributed by atoms with Crippen molar-refractivity contribution < 1.29 is 0 Å². The zero-order valence-electron chi connectivity index (χ0n) is 12.0. The van der Waals surface area contributed by atoms with Gasteiger partial charge < -0.3 is 10.3 Å². The van der Waals surface area contributed by atoms with Crippen molar-refractivity contribution in [3.63, 3.8) is 0 Å². The number of halogens is 1. The van der Waals surface area contributed by atoms with Crippen molar-refractivity contribution in [2.45, 2.75) is 52.1 Å². The van der Waals surface area contributed by atoms with E-state index in [0.717, 1.165) is 47.4 Å². The Morgan fingerprint density at radius 1 is 1.11 bits per heavy atom. The van der Waals surface area contributed by atoms with Gasteiger partial charge in [-0.05, 0) is 25.3 Å². The molecular weight excluding hydrogens is 256 g/mol. The molecule has 0 spiro atoms. The SMILES string of the molecule is CCC(CC)(CC)NCc1[nH]c2ccccc2c1Cl. The molecule has 0 bridgehead atoms. The molecule has 2 aromatic rings. The highest BCUT2D eigenvalue weighted by Gasteiger charge is 2.23. The van der Waals surface area contributed by atoms with Crippen LogP contribution in [0, 0.1) is 0 Å². The van der Waals surface area contributed by atoms with Crippen molar-refractivity contribution in [1.82, 2.24) is 10.3 Å². The standard InChI is InChI=1S/C16H23ClN2/c1-4-16(5-2,6-3)18-11-14-15(17)12-9-7-8-10-13(12)19-14/h7-10,18-19H,4-6,11H2,1-3H3. The van der Waals surface area contributed by atoms with E-state index in [1.165, 1.54) is 0 Å². The highest BCUT2D eigenvalue weighted by Crippen LogP contribution is 2.28. The molecule has 0 saturated carbocycles. The maximum absolute atomic E-state index is 6.44. The van der Waals surface area contributed by atoms with Gasteiger partial charge in [-0.2, -0.15) is 0 Å². The fourth-order valence-corrected chi connectivity index (χ4v) is 2.97. The summed E-state index contributed by atoms with van der Waals surface area (Å²) in [7, 11) is 0. The number of rotatable bonds is 6. The molecule has 0 atom stereocenters. The number of aromatic nitrogens is 1. The van der Waals surface area contributed by atoms with Gasteiger partial charge in [-0.15, -0.1) is 0 Å². The average Bonchev–Trinajstić information content (AvgIpc) is 2.78. The fourth-order valence-electron chi connectivity index (χ4n) is 2.69. The quantitative estimate of drug-likeness (QED) is 0.774. The molecule has 0 aliphatic rings. The largest absolute Gasteiger partial charge is 0.356 e. The van der Waals surface area contributed by atoms with E-state index in [9.17, 15) is 0 Å². The highest BCUT2D eigenvalue weighted by atomic mass is 35.5. The van der Waals surface area contributed by atoms with Crippen molar-refractivity contribution in [2.24, 2.45) is 0 Å². The Kier molecular flexibility index (Phi) is 4.54. The third-order valence-electron chi connectivity index (χ3n) is 4.38. The summed E-state index contributed by atoms with van der Waals surface area (Å²) in [4.78, 5) is 3.41. The normalized spacial score (nSPS) is 12.2. The van der Waals surface area contributed by atoms with Crippen LogP contribution in [0.2, 0.25) is 5.02 Å². The third-order valence-corrected chi connectivity index (χ3v) is 4.82. The predicted molar refractivity (Wildman–Crippen MR) is 83.8 cm³/mol. The number of fused-ring (bicyclic) bond motifs is 1. The molecule has 0 saturated heterocycles. The van der Waals surface area contributed by atoms with Crippen LogP contribution in [0.1, 0.15) is 45.7 Å². The minimum Gasteiger partial charge on any atom is -0.356 e. The lowest BCUT2D eigenvalue weighted by Crippen LogP contribution is -2.43. The first-order chi connectivity index (χ1) is 9.15. The molecule has 0 amide bonds. The minimum atomic E-state index is 0.223. The monoisotopic (exact) mass is 278 g/mol. The summed E-state index contributed by atoms with van der Waals surface area (Å²) >= 11 is 6.44. The fraction of sp³-hybridized carbons (Fsp3) is 0.500. The van der Waals surface area contributed by atoms with E-state index in [-0.39, 0.29) is 5.54 Å². The summed E-state index contributed by atoms with van der Waals surface area (Å²) in [5.41, 5.74) is 2.42. The Hall–Kier alpha value is -0.990. The summed E-state index contributed by atoms with van der Waals surface area (Å²) in [5.74, 6) is 0. The molecule has 0 aliphatic carbocycles. The minimum absolute atomic E-state index is 0.223. The molecule has 2 N–H and O–H groups in total. The number of H-pyrrole nitrogens is 1. The first-order valence-electron chi connectivity index (χ1n) is 7.16. The van der Waals surface area contributed by atoms with Crippen LogP contribution < -0.4 is 5.32 Å². The summed E-state index contributed by atoms with van der Waals surface area (Å²) in [6.45, 7) is 7.52. The molecule has 19 heavy (non-hydrogen) atoms. The Morgan fingerprint density at radius 3 is 2.32 bits per heavy atom. The summed E-state index contributed by atoms with van der Waals surface area (Å²) in [6, 6.07) is 8.18. The first-order valence-corrected chi connectivity index (χ1v) is 7.53. The number of hydrogen-bond donors (Lipinski definition) is 2. The first kappa shape index (κ1) is 14.4. The Bertz CT molecular complexity index is 532. The van der Waals surface area contributed by atoms with Gasteiger partial charge in [0.2, 0.25) is 0 Å². The van der Waals surface area contributed by atoms with Gasteiger partial charge in [0.1, 0.15) is 0 Å². The number of para-hydroxylation sites is 1. The van der Waals surface area contributed by atoms with E-state index in [4.69, 9.17) is 11.6 Å². The van der Waals surface area contributed by atoms with Gasteiger partial charge in [0.05, 0.1) is 5.02 Å². The van der Waals surface area contributed by atoms with Gasteiger partial charge in [-0.3, -0.25) is 0 Å². The van der Waals surface area contributed by atoms with Crippen LogP contribution in [0.15, 0.2) is 24.3 Å². The van der Waals surface area contributed by atoms with Crippen LogP contribution in [0.3, 0.4) is 0 Å². The summed E-state index contributed by atoms with van der Waals surface area (Å²) < 4.78 is 0. The third kappa shape index (κ3) is 2.80. The van der Waals surface area contributed by atoms with Crippen molar-refractivity contribution >= 4 is 22.5 Å². The molecule has 0 radical (unpaired) electrons. The molecule has 104 valence electrons. The van der Waals surface area contributed by atoms with E-state index in [1.54, 1.807) is 0 Å². The van der Waals surface area contributed by atoms with Crippen molar-refractivity contribution in [3.05, 3.63) is 35.0 Å². The highest BCUT2D eigenvalue weighted by molar-refractivity contribution is 6.36. The molecule has 1 heterocycles. The summed E-state index contributed by atoms with van der Waals surface area (Å²) in [5, 5.41) is 5.64. The second-order valence-corrected chi connectivity index (χ2v) is 5.54. The molecule has 3 heteroatoms. The van der Waals surface area contributed by atoms with Crippen LogP contribution in [-0.4, -0.2) is 10.5 Å². The number of nitrogens with one attached hydrogen (secondary N) is 2. The molecule has 0 unspecified atom stereocenters. The van der Waals surface area contributed by atoms with E-state index < -0.39 is 0 Å². The Morgan fingerprint density at radius 2 is 1.74 bits per heavy atom. The van der Waals surface area contributed by atoms with Gasteiger partial charge in [0.15, 0.2) is 0 Å². The van der Waals surface area contributed by atoms with E-state index in [1.807, 2.05) is 12.1 Å². The zero-order chi connectivity index (χ0) is 13.9. The lowest BCUT2D eigenvalue weighted by atomic mass is 9.90. The van der Waals surface area contributed by atoms with Crippen molar-refractivity contribution in [3.8, 4) is 0 Å². The van der Waals surface area contributed by atoms with Gasteiger partial charge in [-0.25, -0.2) is 0 Å². The molecule has 1 aromatic carbocycles. The lowest BCUT2D eigenvalue weighted by Gasteiger charge is -2.32. The molecule has 2 rings (SSSR count). The van der Waals surface area contributed by atoms with Gasteiger partial charge in [0.25, 0.3) is 0 Å². The second-order valence-electron chi connectivity index (χ2n) is 5.16. The smallest absolute Gasteiger partial charge is 0.0705 e. The van der Waals surface area contributed by atoms with E-state index in [0.29, 0.717) is 0 Å². The maximum atomic E-state index is 6.44. The molecule has 0 fully saturated rings. The van der Waals surface area contributed by atoms with Crippen molar-refractivity contribution in [1.29, 1.82) is 0 Å². The van der Waals surface area contributed by atoms with Gasteiger partial charge in [0, 0.05) is 28.7 Å². The van der Waals surface area contributed by atoms with Crippen LogP contribution >= 0.6 is 11.6 Å². The van der Waals surface area contributed by atoms with E-state index >= 15 is 0 Å². The van der Waals surface area contributed by atoms with Crippen molar-refractivity contribution in [2.75, 3.05) is 0 Å². The van der Waals surface area contributed by atoms with Crippen LogP contribution in [0.5, 0.6) is 0 Å². The molecule has 2 nitrogen and oxygen atoms in total. The zero-order valence-corrected chi connectivity index (χ0v) is 12.8. The number of hydrogen-bond acceptors (Lipinski definition) is 1. The topological polar surface area (TPSA) is 27.8 Å². The molecular formula is C16H23ClN2. The van der Waals surface area contributed by atoms with Gasteiger partial charge >= 0.3 is 0 Å². The summed E-state index contributed by atoms with van der Waals surface area (Å²) in [6.07, 6.45) is 3.41. The number of benzene rings is 1. The Labute approximate surface area is 120 Å². The second kappa shape index (κ2) is 5.98. The predicted octanol–water partition coefficient (Wildman–Crippen LogP) is 4.88. The van der Waals surface area contributed by atoms with Crippen LogP contribution in [-0.2, 0) is 6.54 Å². The van der Waals surface area contributed by atoms with Crippen LogP contribution in [0.25, 0.3) is 10.9 Å². The lowest BCUT2D eigenvalue weighted by molar-refractivity contribution is 0.287. The van der Waals surface area contributed by atoms with Gasteiger partial charge in [-0.1, -0.05) is 50.6 Å². The van der Waals surface area contributed by atoms with E-state index in [2.05, 4.69) is 43.2 Å². The van der Waals surface area contributed by atoms with Crippen LogP contribution in [0.4, 0.5) is 0 Å². The number of aromatic amines is 1. The Balaban J connectivity index is 2.20. The molecule has 0 aliphatic heterocycles. The average molecular weight is 279 g/mol.